The number of hydrogen-bond donors (Lipinski definition) is 1. The summed E-state index contributed by atoms with van der Waals surface area (Å²) in [6.07, 6.45) is 1.32. The Kier molecular flexibility index (Phi) is 4.23. The average Bonchev–Trinajstić information content (AvgIpc) is 2.68. The van der Waals surface area contributed by atoms with Gasteiger partial charge in [0, 0.05) is 12.8 Å². The van der Waals surface area contributed by atoms with E-state index in [0.29, 0.717) is 5.56 Å². The van der Waals surface area contributed by atoms with Crippen LogP contribution in [-0.4, -0.2) is 43.8 Å². The fraction of sp³-hybridized carbons (Fsp3) is 0.429. The number of carbonyl (C=O) groups is 2. The molecule has 0 spiro atoms. The minimum absolute atomic E-state index is 0.202. The van der Waals surface area contributed by atoms with Crippen LogP contribution in [0.4, 0.5) is 9.18 Å². The molecular weight excluding hydrogens is 311 g/mol. The molecule has 1 aromatic rings. The smallest absolute Gasteiger partial charge is 0.319 e. The summed E-state index contributed by atoms with van der Waals surface area (Å²) < 4.78 is 35.5. The molecule has 1 aliphatic rings. The first-order valence-electron chi connectivity index (χ1n) is 6.77. The van der Waals surface area contributed by atoms with Crippen molar-refractivity contribution in [3.05, 3.63) is 35.6 Å². The summed E-state index contributed by atoms with van der Waals surface area (Å²) in [5.41, 5.74) is -0.806. The molecule has 0 aromatic heterocycles. The number of rotatable bonds is 5. The van der Waals surface area contributed by atoms with Gasteiger partial charge in [-0.25, -0.2) is 17.6 Å². The SMILES string of the molecule is CC[C@@]1(c2ccc(F)cc2)NC(=O)N(CCS(C)(=O)=O)C1=O. The average molecular weight is 328 g/mol. The van der Waals surface area contributed by atoms with Gasteiger partial charge in [-0.3, -0.25) is 9.69 Å². The van der Waals surface area contributed by atoms with E-state index in [0.717, 1.165) is 11.2 Å². The summed E-state index contributed by atoms with van der Waals surface area (Å²) in [4.78, 5) is 25.6. The van der Waals surface area contributed by atoms with Crippen LogP contribution in [0.15, 0.2) is 24.3 Å². The Hall–Kier alpha value is -1.96. The van der Waals surface area contributed by atoms with Crippen LogP contribution in [0.1, 0.15) is 18.9 Å². The zero-order valence-corrected chi connectivity index (χ0v) is 13.1. The van der Waals surface area contributed by atoms with Gasteiger partial charge in [0.25, 0.3) is 5.91 Å². The predicted molar refractivity (Wildman–Crippen MR) is 78.3 cm³/mol. The number of amides is 3. The molecule has 1 N–H and O–H groups in total. The van der Waals surface area contributed by atoms with Crippen molar-refractivity contribution < 1.29 is 22.4 Å². The second-order valence-corrected chi connectivity index (χ2v) is 7.54. The molecule has 0 radical (unpaired) electrons. The Morgan fingerprint density at radius 1 is 1.23 bits per heavy atom. The third kappa shape index (κ3) is 2.96. The first-order chi connectivity index (χ1) is 10.2. The Morgan fingerprint density at radius 3 is 2.32 bits per heavy atom. The van der Waals surface area contributed by atoms with E-state index in [1.165, 1.54) is 24.3 Å². The maximum absolute atomic E-state index is 13.1. The van der Waals surface area contributed by atoms with Crippen LogP contribution in [-0.2, 0) is 20.2 Å². The van der Waals surface area contributed by atoms with Crippen molar-refractivity contribution in [1.82, 2.24) is 10.2 Å². The van der Waals surface area contributed by atoms with E-state index in [-0.39, 0.29) is 18.7 Å². The van der Waals surface area contributed by atoms with Crippen molar-refractivity contribution in [1.29, 1.82) is 0 Å². The van der Waals surface area contributed by atoms with E-state index in [4.69, 9.17) is 0 Å². The summed E-state index contributed by atoms with van der Waals surface area (Å²) in [7, 11) is -3.30. The van der Waals surface area contributed by atoms with Crippen LogP contribution in [0.3, 0.4) is 0 Å². The number of carbonyl (C=O) groups excluding carboxylic acids is 2. The van der Waals surface area contributed by atoms with Crippen molar-refractivity contribution in [2.24, 2.45) is 0 Å². The van der Waals surface area contributed by atoms with E-state index < -0.39 is 33.1 Å². The van der Waals surface area contributed by atoms with Gasteiger partial charge in [0.05, 0.1) is 5.75 Å². The van der Waals surface area contributed by atoms with Crippen molar-refractivity contribution in [2.45, 2.75) is 18.9 Å². The lowest BCUT2D eigenvalue weighted by Crippen LogP contribution is -2.43. The zero-order valence-electron chi connectivity index (χ0n) is 12.3. The van der Waals surface area contributed by atoms with Gasteiger partial charge in [-0.2, -0.15) is 0 Å². The third-order valence-corrected chi connectivity index (χ3v) is 4.65. The Labute approximate surface area is 128 Å². The summed E-state index contributed by atoms with van der Waals surface area (Å²) in [6.45, 7) is 1.52. The van der Waals surface area contributed by atoms with E-state index >= 15 is 0 Å². The number of urea groups is 1. The molecule has 0 unspecified atom stereocenters. The molecule has 22 heavy (non-hydrogen) atoms. The van der Waals surface area contributed by atoms with Crippen LogP contribution < -0.4 is 5.32 Å². The topological polar surface area (TPSA) is 83.6 Å². The lowest BCUT2D eigenvalue weighted by molar-refractivity contribution is -0.131. The Bertz CT molecular complexity index is 702. The highest BCUT2D eigenvalue weighted by molar-refractivity contribution is 7.90. The van der Waals surface area contributed by atoms with Crippen LogP contribution in [0, 0.1) is 5.82 Å². The molecule has 0 aliphatic carbocycles. The standard InChI is InChI=1S/C14H17FN2O4S/c1-3-14(10-4-6-11(15)7-5-10)12(18)17(13(19)16-14)8-9-22(2,20)21/h4-7H,3,8-9H2,1-2H3,(H,16,19)/t14-/m0/s1. The highest BCUT2D eigenvalue weighted by Gasteiger charge is 2.51. The van der Waals surface area contributed by atoms with Gasteiger partial charge in [0.1, 0.15) is 21.2 Å². The molecule has 120 valence electrons. The summed E-state index contributed by atoms with van der Waals surface area (Å²) >= 11 is 0. The largest absolute Gasteiger partial charge is 0.325 e. The normalized spacial score (nSPS) is 22.0. The molecule has 0 bridgehead atoms. The van der Waals surface area contributed by atoms with E-state index in [1.54, 1.807) is 6.92 Å². The molecule has 1 heterocycles. The number of benzene rings is 1. The van der Waals surface area contributed by atoms with Gasteiger partial charge < -0.3 is 5.32 Å². The maximum atomic E-state index is 13.1. The minimum Gasteiger partial charge on any atom is -0.319 e. The molecule has 1 aliphatic heterocycles. The number of imide groups is 1. The van der Waals surface area contributed by atoms with E-state index in [9.17, 15) is 22.4 Å². The number of hydrogen-bond acceptors (Lipinski definition) is 4. The number of nitrogens with zero attached hydrogens (tertiary/aromatic N) is 1. The number of halogens is 1. The molecule has 8 heteroatoms. The second kappa shape index (κ2) is 5.68. The molecule has 1 atom stereocenters. The fourth-order valence-corrected chi connectivity index (χ4v) is 2.97. The third-order valence-electron chi connectivity index (χ3n) is 3.73. The first kappa shape index (κ1) is 16.4. The lowest BCUT2D eigenvalue weighted by Gasteiger charge is -2.25. The molecule has 2 rings (SSSR count). The molecule has 6 nitrogen and oxygen atoms in total. The summed E-state index contributed by atoms with van der Waals surface area (Å²) in [6, 6.07) is 4.67. The van der Waals surface area contributed by atoms with Gasteiger partial charge in [-0.05, 0) is 24.1 Å². The zero-order chi connectivity index (χ0) is 16.5. The maximum Gasteiger partial charge on any atom is 0.325 e. The van der Waals surface area contributed by atoms with Gasteiger partial charge in [0.2, 0.25) is 0 Å². The minimum atomic E-state index is -3.30. The van der Waals surface area contributed by atoms with E-state index in [1.807, 2.05) is 0 Å². The molecule has 3 amide bonds. The number of nitrogens with one attached hydrogen (secondary N) is 1. The van der Waals surface area contributed by atoms with Gasteiger partial charge in [0.15, 0.2) is 0 Å². The van der Waals surface area contributed by atoms with Crippen LogP contribution in [0.25, 0.3) is 0 Å². The van der Waals surface area contributed by atoms with Gasteiger partial charge >= 0.3 is 6.03 Å². The first-order valence-corrected chi connectivity index (χ1v) is 8.83. The quantitative estimate of drug-likeness (QED) is 0.818. The van der Waals surface area contributed by atoms with E-state index in [2.05, 4.69) is 5.32 Å². The Balaban J connectivity index is 2.33. The molecular formula is C14H17FN2O4S. The van der Waals surface area contributed by atoms with Crippen LogP contribution >= 0.6 is 0 Å². The van der Waals surface area contributed by atoms with Crippen molar-refractivity contribution >= 4 is 21.8 Å². The van der Waals surface area contributed by atoms with Crippen molar-refractivity contribution in [3.63, 3.8) is 0 Å². The molecule has 0 saturated carbocycles. The lowest BCUT2D eigenvalue weighted by atomic mass is 9.87. The van der Waals surface area contributed by atoms with Crippen molar-refractivity contribution in [3.8, 4) is 0 Å². The second-order valence-electron chi connectivity index (χ2n) is 5.28. The van der Waals surface area contributed by atoms with Crippen LogP contribution in [0.2, 0.25) is 0 Å². The highest BCUT2D eigenvalue weighted by atomic mass is 32.2. The van der Waals surface area contributed by atoms with Gasteiger partial charge in [-0.1, -0.05) is 19.1 Å². The fourth-order valence-electron chi connectivity index (χ4n) is 2.46. The summed E-state index contributed by atoms with van der Waals surface area (Å²) in [5.74, 6) is -1.26. The predicted octanol–water partition coefficient (Wildman–Crippen LogP) is 1.03. The Morgan fingerprint density at radius 2 is 1.82 bits per heavy atom. The van der Waals surface area contributed by atoms with Gasteiger partial charge in [-0.15, -0.1) is 0 Å². The number of sulfone groups is 1. The monoisotopic (exact) mass is 328 g/mol. The van der Waals surface area contributed by atoms with Crippen molar-refractivity contribution in [2.75, 3.05) is 18.6 Å². The highest BCUT2D eigenvalue weighted by Crippen LogP contribution is 2.32. The molecule has 1 fully saturated rings. The molecule has 1 saturated heterocycles. The molecule has 1 aromatic carbocycles. The van der Waals surface area contributed by atoms with Crippen LogP contribution in [0.5, 0.6) is 0 Å². The summed E-state index contributed by atoms with van der Waals surface area (Å²) in [5, 5.41) is 2.61.